The molecule has 0 fully saturated rings. The number of thiophene rings is 1. The Balaban J connectivity index is 1.72. The van der Waals surface area contributed by atoms with Gasteiger partial charge in [0.15, 0.2) is 5.76 Å². The summed E-state index contributed by atoms with van der Waals surface area (Å²) in [5.74, 6) is -0.514. The van der Waals surface area contributed by atoms with Crippen molar-refractivity contribution < 1.29 is 27.2 Å². The summed E-state index contributed by atoms with van der Waals surface area (Å²) in [6.07, 6.45) is -4.06. The van der Waals surface area contributed by atoms with Gasteiger partial charge in [0, 0.05) is 17.0 Å². The highest BCUT2D eigenvalue weighted by atomic mass is 32.1. The minimum atomic E-state index is -4.77. The quantitative estimate of drug-likeness (QED) is 0.662. The van der Waals surface area contributed by atoms with Gasteiger partial charge in [0.1, 0.15) is 11.3 Å². The summed E-state index contributed by atoms with van der Waals surface area (Å²) in [6, 6.07) is 8.99. The van der Waals surface area contributed by atoms with E-state index in [-0.39, 0.29) is 23.0 Å². The number of aromatic nitrogens is 1. The highest BCUT2D eigenvalue weighted by Crippen LogP contribution is 2.29. The van der Waals surface area contributed by atoms with E-state index in [1.165, 1.54) is 12.1 Å². The second-order valence-electron chi connectivity index (χ2n) is 5.63. The van der Waals surface area contributed by atoms with Gasteiger partial charge in [-0.3, -0.25) is 4.79 Å². The van der Waals surface area contributed by atoms with Crippen LogP contribution in [0.3, 0.4) is 0 Å². The molecule has 0 atom stereocenters. The number of benzene rings is 1. The molecule has 0 radical (unpaired) electrons. The number of nitrogens with zero attached hydrogens (tertiary/aromatic N) is 1. The molecule has 0 bridgehead atoms. The van der Waals surface area contributed by atoms with Gasteiger partial charge >= 0.3 is 6.36 Å². The lowest BCUT2D eigenvalue weighted by molar-refractivity contribution is -0.274. The maximum Gasteiger partial charge on any atom is 0.573 e. The normalized spacial score (nSPS) is 11.4. The largest absolute Gasteiger partial charge is 0.573 e. The minimum absolute atomic E-state index is 0.194. The first-order valence-corrected chi connectivity index (χ1v) is 8.84. The number of alkyl halides is 3. The van der Waals surface area contributed by atoms with Crippen LogP contribution in [-0.2, 0) is 6.42 Å². The number of amides is 1. The van der Waals surface area contributed by atoms with Crippen LogP contribution in [0.25, 0.3) is 11.3 Å². The van der Waals surface area contributed by atoms with Crippen molar-refractivity contribution in [3.8, 4) is 17.1 Å². The van der Waals surface area contributed by atoms with E-state index >= 15 is 0 Å². The van der Waals surface area contributed by atoms with Crippen molar-refractivity contribution in [2.45, 2.75) is 19.7 Å². The molecule has 0 spiro atoms. The molecule has 2 heterocycles. The highest BCUT2D eigenvalue weighted by Gasteiger charge is 2.31. The Morgan fingerprint density at radius 1 is 1.26 bits per heavy atom. The van der Waals surface area contributed by atoms with Gasteiger partial charge in [-0.2, -0.15) is 0 Å². The second kappa shape index (κ2) is 7.83. The zero-order chi connectivity index (χ0) is 19.4. The number of carbonyl (C=O) groups is 1. The summed E-state index contributed by atoms with van der Waals surface area (Å²) < 4.78 is 45.8. The molecule has 0 saturated carbocycles. The zero-order valence-electron chi connectivity index (χ0n) is 14.2. The third-order valence-corrected chi connectivity index (χ3v) is 4.61. The predicted octanol–water partition coefficient (Wildman–Crippen LogP) is 4.58. The Kier molecular flexibility index (Phi) is 5.50. The SMILES string of the molecule is Cc1noc(-c2ccc(OC(F)(F)F)cc2)c1C(=O)NCCc1cccs1. The van der Waals surface area contributed by atoms with E-state index in [9.17, 15) is 18.0 Å². The smallest absolute Gasteiger partial charge is 0.406 e. The highest BCUT2D eigenvalue weighted by molar-refractivity contribution is 7.09. The number of halogens is 3. The van der Waals surface area contributed by atoms with Crippen molar-refractivity contribution in [2.24, 2.45) is 0 Å². The van der Waals surface area contributed by atoms with E-state index in [0.717, 1.165) is 17.0 Å². The molecule has 0 saturated heterocycles. The average molecular weight is 396 g/mol. The van der Waals surface area contributed by atoms with Crippen molar-refractivity contribution in [3.63, 3.8) is 0 Å². The molecule has 0 unspecified atom stereocenters. The maximum absolute atomic E-state index is 12.5. The molecular formula is C18H15F3N2O3S. The van der Waals surface area contributed by atoms with E-state index in [2.05, 4.69) is 15.2 Å². The Labute approximate surface area is 156 Å². The molecule has 9 heteroatoms. The fourth-order valence-electron chi connectivity index (χ4n) is 2.48. The second-order valence-corrected chi connectivity index (χ2v) is 6.66. The van der Waals surface area contributed by atoms with Crippen LogP contribution in [0, 0.1) is 6.92 Å². The lowest BCUT2D eigenvalue weighted by Crippen LogP contribution is -2.26. The molecule has 5 nitrogen and oxygen atoms in total. The van der Waals surface area contributed by atoms with Gasteiger partial charge in [0.2, 0.25) is 0 Å². The van der Waals surface area contributed by atoms with E-state index in [1.807, 2.05) is 17.5 Å². The Morgan fingerprint density at radius 3 is 2.63 bits per heavy atom. The molecule has 27 heavy (non-hydrogen) atoms. The first-order chi connectivity index (χ1) is 12.8. The van der Waals surface area contributed by atoms with Gasteiger partial charge < -0.3 is 14.6 Å². The molecule has 1 amide bonds. The van der Waals surface area contributed by atoms with Gasteiger partial charge in [-0.25, -0.2) is 0 Å². The number of ether oxygens (including phenoxy) is 1. The lowest BCUT2D eigenvalue weighted by Gasteiger charge is -2.09. The third kappa shape index (κ3) is 4.88. The summed E-state index contributed by atoms with van der Waals surface area (Å²) in [6.45, 7) is 2.07. The van der Waals surface area contributed by atoms with Crippen LogP contribution in [0.15, 0.2) is 46.3 Å². The van der Waals surface area contributed by atoms with Crippen LogP contribution >= 0.6 is 11.3 Å². The van der Waals surface area contributed by atoms with Gasteiger partial charge in [-0.15, -0.1) is 24.5 Å². The fourth-order valence-corrected chi connectivity index (χ4v) is 3.19. The number of hydrogen-bond acceptors (Lipinski definition) is 5. The molecule has 2 aromatic heterocycles. The Morgan fingerprint density at radius 2 is 2.00 bits per heavy atom. The third-order valence-electron chi connectivity index (χ3n) is 3.68. The topological polar surface area (TPSA) is 64.4 Å². The molecule has 0 aliphatic heterocycles. The number of nitrogens with one attached hydrogen (secondary N) is 1. The van der Waals surface area contributed by atoms with Crippen molar-refractivity contribution in [3.05, 3.63) is 57.9 Å². The van der Waals surface area contributed by atoms with E-state index in [0.29, 0.717) is 24.2 Å². The van der Waals surface area contributed by atoms with Gasteiger partial charge in [0.05, 0.1) is 5.69 Å². The average Bonchev–Trinajstić information content (AvgIpc) is 3.24. The molecule has 1 aromatic carbocycles. The molecule has 142 valence electrons. The van der Waals surface area contributed by atoms with Gasteiger partial charge in [-0.1, -0.05) is 11.2 Å². The first kappa shape index (κ1) is 19.0. The van der Waals surface area contributed by atoms with Gasteiger partial charge in [-0.05, 0) is 49.1 Å². The van der Waals surface area contributed by atoms with Crippen LogP contribution in [0.4, 0.5) is 13.2 Å². The summed E-state index contributed by atoms with van der Waals surface area (Å²) in [5.41, 5.74) is 1.08. The Hall–Kier alpha value is -2.81. The zero-order valence-corrected chi connectivity index (χ0v) is 15.0. The van der Waals surface area contributed by atoms with Crippen molar-refractivity contribution >= 4 is 17.2 Å². The molecule has 0 aliphatic rings. The maximum atomic E-state index is 12.5. The number of hydrogen-bond donors (Lipinski definition) is 1. The van der Waals surface area contributed by atoms with Crippen LogP contribution in [0.5, 0.6) is 5.75 Å². The van der Waals surface area contributed by atoms with Crippen molar-refractivity contribution in [2.75, 3.05) is 6.54 Å². The molecule has 1 N–H and O–H groups in total. The van der Waals surface area contributed by atoms with E-state index in [4.69, 9.17) is 4.52 Å². The fraction of sp³-hybridized carbons (Fsp3) is 0.222. The molecule has 0 aliphatic carbocycles. The standard InChI is InChI=1S/C18H15F3N2O3S/c1-11-15(17(24)22-9-8-14-3-2-10-27-14)16(26-23-11)12-4-6-13(7-5-12)25-18(19,20)21/h2-7,10H,8-9H2,1H3,(H,22,24). The van der Waals surface area contributed by atoms with E-state index < -0.39 is 6.36 Å². The number of aryl methyl sites for hydroxylation is 1. The predicted molar refractivity (Wildman–Crippen MR) is 93.7 cm³/mol. The van der Waals surface area contributed by atoms with Crippen LogP contribution in [0.2, 0.25) is 0 Å². The lowest BCUT2D eigenvalue weighted by atomic mass is 10.1. The van der Waals surface area contributed by atoms with Crippen LogP contribution < -0.4 is 10.1 Å². The summed E-state index contributed by atoms with van der Waals surface area (Å²) in [7, 11) is 0. The first-order valence-electron chi connectivity index (χ1n) is 7.96. The van der Waals surface area contributed by atoms with Gasteiger partial charge in [0.25, 0.3) is 5.91 Å². The number of carbonyl (C=O) groups excluding carboxylic acids is 1. The molecular weight excluding hydrogens is 381 g/mol. The van der Waals surface area contributed by atoms with Crippen molar-refractivity contribution in [1.82, 2.24) is 10.5 Å². The summed E-state index contributed by atoms with van der Waals surface area (Å²) >= 11 is 1.61. The molecule has 3 aromatic rings. The monoisotopic (exact) mass is 396 g/mol. The van der Waals surface area contributed by atoms with Crippen LogP contribution in [-0.4, -0.2) is 24.0 Å². The molecule has 3 rings (SSSR count). The van der Waals surface area contributed by atoms with E-state index in [1.54, 1.807) is 18.3 Å². The number of rotatable bonds is 6. The summed E-state index contributed by atoms with van der Waals surface area (Å²) in [4.78, 5) is 13.7. The summed E-state index contributed by atoms with van der Waals surface area (Å²) in [5, 5.41) is 8.58. The Bertz CT molecular complexity index is 903. The van der Waals surface area contributed by atoms with Crippen molar-refractivity contribution in [1.29, 1.82) is 0 Å². The van der Waals surface area contributed by atoms with Crippen LogP contribution in [0.1, 0.15) is 20.9 Å². The minimum Gasteiger partial charge on any atom is -0.406 e.